The molecule has 182 valence electrons. The number of aromatic amines is 1. The molecule has 4 N–H and O–H groups in total. The Morgan fingerprint density at radius 2 is 1.71 bits per heavy atom. The van der Waals surface area contributed by atoms with Gasteiger partial charge in [-0.3, -0.25) is 19.2 Å². The lowest BCUT2D eigenvalue weighted by Crippen LogP contribution is -2.26. The van der Waals surface area contributed by atoms with Crippen molar-refractivity contribution in [2.45, 2.75) is 25.0 Å². The quantitative estimate of drug-likeness (QED) is 0.250. The Bertz CT molecular complexity index is 1260. The minimum absolute atomic E-state index is 0.00186. The zero-order chi connectivity index (χ0) is 25.2. The number of carbonyl (C=O) groups excluding carboxylic acids is 3. The lowest BCUT2D eigenvalue weighted by atomic mass is 10.2. The van der Waals surface area contributed by atoms with Gasteiger partial charge < -0.3 is 25.7 Å². The van der Waals surface area contributed by atoms with E-state index in [2.05, 4.69) is 25.9 Å². The second-order valence-electron chi connectivity index (χ2n) is 7.44. The van der Waals surface area contributed by atoms with E-state index in [1.54, 1.807) is 31.4 Å². The second-order valence-corrected chi connectivity index (χ2v) is 8.41. The molecule has 0 fully saturated rings. The molecule has 3 rings (SSSR count). The number of hydrogen-bond donors (Lipinski definition) is 4. The monoisotopic (exact) mass is 495 g/mol. The molecule has 1 heterocycles. The van der Waals surface area contributed by atoms with E-state index in [1.165, 1.54) is 13.0 Å². The van der Waals surface area contributed by atoms with E-state index in [9.17, 15) is 19.2 Å². The van der Waals surface area contributed by atoms with E-state index in [4.69, 9.17) is 4.74 Å². The third-order valence-electron chi connectivity index (χ3n) is 4.57. The molecule has 0 aliphatic carbocycles. The average molecular weight is 496 g/mol. The van der Waals surface area contributed by atoms with E-state index in [0.717, 1.165) is 17.3 Å². The minimum Gasteiger partial charge on any atom is -0.497 e. The number of methoxy groups -OCH3 is 1. The Hall–Kier alpha value is -4.12. The van der Waals surface area contributed by atoms with Crippen molar-refractivity contribution in [3.8, 4) is 5.75 Å². The van der Waals surface area contributed by atoms with Crippen LogP contribution in [0.4, 0.5) is 11.4 Å². The molecule has 3 amide bonds. The predicted octanol–water partition coefficient (Wildman–Crippen LogP) is 2.33. The molecule has 11 heteroatoms. The smallest absolute Gasteiger partial charge is 0.251 e. The van der Waals surface area contributed by atoms with Crippen molar-refractivity contribution in [3.63, 3.8) is 0 Å². The Morgan fingerprint density at radius 1 is 1.00 bits per heavy atom. The maximum absolute atomic E-state index is 12.3. The highest BCUT2D eigenvalue weighted by molar-refractivity contribution is 7.99. The number of hydrogen-bond acceptors (Lipinski definition) is 7. The predicted molar refractivity (Wildman–Crippen MR) is 134 cm³/mol. The van der Waals surface area contributed by atoms with Crippen LogP contribution in [0.15, 0.2) is 64.5 Å². The number of amides is 3. The average Bonchev–Trinajstić information content (AvgIpc) is 2.82. The molecule has 0 aliphatic rings. The van der Waals surface area contributed by atoms with E-state index in [-0.39, 0.29) is 35.1 Å². The Kier molecular flexibility index (Phi) is 9.02. The lowest BCUT2D eigenvalue weighted by Gasteiger charge is -2.08. The number of H-pyrrole nitrogens is 1. The van der Waals surface area contributed by atoms with Crippen LogP contribution in [-0.2, 0) is 27.3 Å². The normalized spacial score (nSPS) is 10.3. The maximum Gasteiger partial charge on any atom is 0.251 e. The van der Waals surface area contributed by atoms with Gasteiger partial charge in [-0.1, -0.05) is 23.9 Å². The topological polar surface area (TPSA) is 142 Å². The number of rotatable bonds is 10. The van der Waals surface area contributed by atoms with Crippen LogP contribution < -0.4 is 26.2 Å². The van der Waals surface area contributed by atoms with E-state index >= 15 is 0 Å². The van der Waals surface area contributed by atoms with Gasteiger partial charge in [-0.25, -0.2) is 4.98 Å². The first-order valence-electron chi connectivity index (χ1n) is 10.6. The minimum atomic E-state index is -0.410. The first kappa shape index (κ1) is 25.5. The van der Waals surface area contributed by atoms with Crippen molar-refractivity contribution in [1.82, 2.24) is 15.3 Å². The van der Waals surface area contributed by atoms with E-state index < -0.39 is 5.56 Å². The molecular formula is C24H25N5O5S. The molecule has 3 aromatic rings. The summed E-state index contributed by atoms with van der Waals surface area (Å²) in [6.45, 7) is 1.72. The summed E-state index contributed by atoms with van der Waals surface area (Å²) in [6.07, 6.45) is -0.0751. The van der Waals surface area contributed by atoms with Crippen molar-refractivity contribution < 1.29 is 19.1 Å². The van der Waals surface area contributed by atoms with Gasteiger partial charge in [0.2, 0.25) is 17.7 Å². The third-order valence-corrected chi connectivity index (χ3v) is 5.44. The molecule has 0 spiro atoms. The summed E-state index contributed by atoms with van der Waals surface area (Å²) in [5.74, 6) is -0.0762. The summed E-state index contributed by atoms with van der Waals surface area (Å²) in [4.78, 5) is 54.5. The van der Waals surface area contributed by atoms with Crippen molar-refractivity contribution in [2.75, 3.05) is 23.5 Å². The Labute approximate surface area is 205 Å². The fraction of sp³-hybridized carbons (Fsp3) is 0.208. The molecule has 0 radical (unpaired) electrons. The van der Waals surface area contributed by atoms with Gasteiger partial charge in [-0.15, -0.1) is 0 Å². The second kappa shape index (κ2) is 12.4. The first-order valence-corrected chi connectivity index (χ1v) is 11.6. The number of ether oxygens (including phenoxy) is 1. The molecule has 0 atom stereocenters. The summed E-state index contributed by atoms with van der Waals surface area (Å²) in [5, 5.41) is 8.40. The molecule has 0 aliphatic heterocycles. The molecule has 10 nitrogen and oxygen atoms in total. The Balaban J connectivity index is 1.51. The lowest BCUT2D eigenvalue weighted by molar-refractivity contribution is -0.120. The van der Waals surface area contributed by atoms with E-state index in [0.29, 0.717) is 29.4 Å². The molecule has 0 unspecified atom stereocenters. The largest absolute Gasteiger partial charge is 0.497 e. The molecule has 0 saturated carbocycles. The number of nitrogens with one attached hydrogen (secondary N) is 4. The number of carbonyl (C=O) groups is 3. The van der Waals surface area contributed by atoms with Gasteiger partial charge in [0.05, 0.1) is 25.0 Å². The summed E-state index contributed by atoms with van der Waals surface area (Å²) in [7, 11) is 1.57. The zero-order valence-electron chi connectivity index (χ0n) is 19.2. The highest BCUT2D eigenvalue weighted by Crippen LogP contribution is 2.16. The fourth-order valence-electron chi connectivity index (χ4n) is 3.02. The van der Waals surface area contributed by atoms with E-state index in [1.807, 2.05) is 24.3 Å². The number of aromatic nitrogens is 2. The number of anilines is 2. The van der Waals surface area contributed by atoms with Crippen LogP contribution in [0.3, 0.4) is 0 Å². The van der Waals surface area contributed by atoms with Crippen LogP contribution in [0.2, 0.25) is 0 Å². The van der Waals surface area contributed by atoms with Gasteiger partial charge in [0.25, 0.3) is 5.56 Å². The summed E-state index contributed by atoms with van der Waals surface area (Å²) >= 11 is 1.05. The van der Waals surface area contributed by atoms with Gasteiger partial charge in [-0.2, -0.15) is 0 Å². The third kappa shape index (κ3) is 8.63. The summed E-state index contributed by atoms with van der Waals surface area (Å²) in [6, 6.07) is 15.3. The standard InChI is InChI=1S/C24H25N5O5S/c1-15(30)26-17-6-8-18(9-7-17)27-23(33)14-35-24-28-19(12-22(32)29-24)11-21(31)25-13-16-4-3-5-20(10-16)34-2/h3-10,12H,11,13-14H2,1-2H3,(H,25,31)(H,26,30)(H,27,33)(H,28,29,32). The first-order chi connectivity index (χ1) is 16.8. The Morgan fingerprint density at radius 3 is 2.40 bits per heavy atom. The van der Waals surface area contributed by atoms with Crippen molar-refractivity contribution >= 4 is 40.9 Å². The van der Waals surface area contributed by atoms with Crippen LogP contribution in [0.25, 0.3) is 0 Å². The number of thioether (sulfide) groups is 1. The SMILES string of the molecule is COc1cccc(CNC(=O)Cc2cc(=O)[nH]c(SCC(=O)Nc3ccc(NC(C)=O)cc3)n2)c1. The maximum atomic E-state index is 12.3. The molecular weight excluding hydrogens is 470 g/mol. The van der Waals surface area contributed by atoms with Crippen LogP contribution >= 0.6 is 11.8 Å². The van der Waals surface area contributed by atoms with Crippen LogP contribution in [0.5, 0.6) is 5.75 Å². The summed E-state index contributed by atoms with van der Waals surface area (Å²) < 4.78 is 5.17. The van der Waals surface area contributed by atoms with Gasteiger partial charge in [0.1, 0.15) is 5.75 Å². The van der Waals surface area contributed by atoms with Crippen LogP contribution in [0, 0.1) is 0 Å². The van der Waals surface area contributed by atoms with Gasteiger partial charge in [-0.05, 0) is 42.0 Å². The van der Waals surface area contributed by atoms with Crippen molar-refractivity contribution in [3.05, 3.63) is 76.2 Å². The summed E-state index contributed by atoms with van der Waals surface area (Å²) in [5.41, 5.74) is 1.95. The van der Waals surface area contributed by atoms with Crippen LogP contribution in [-0.4, -0.2) is 40.6 Å². The van der Waals surface area contributed by atoms with Gasteiger partial charge in [0, 0.05) is 30.9 Å². The molecule has 0 bridgehead atoms. The number of nitrogens with zero attached hydrogens (tertiary/aromatic N) is 1. The van der Waals surface area contributed by atoms with Gasteiger partial charge >= 0.3 is 0 Å². The highest BCUT2D eigenvalue weighted by atomic mass is 32.2. The molecule has 1 aromatic heterocycles. The van der Waals surface area contributed by atoms with Crippen molar-refractivity contribution in [2.24, 2.45) is 0 Å². The highest BCUT2D eigenvalue weighted by Gasteiger charge is 2.10. The van der Waals surface area contributed by atoms with Crippen LogP contribution in [0.1, 0.15) is 18.2 Å². The zero-order valence-corrected chi connectivity index (χ0v) is 20.0. The molecule has 35 heavy (non-hydrogen) atoms. The molecule has 2 aromatic carbocycles. The number of benzene rings is 2. The molecule has 0 saturated heterocycles. The van der Waals surface area contributed by atoms with Crippen molar-refractivity contribution in [1.29, 1.82) is 0 Å². The van der Waals surface area contributed by atoms with Gasteiger partial charge in [0.15, 0.2) is 5.16 Å². The fourth-order valence-corrected chi connectivity index (χ4v) is 3.72.